The first-order chi connectivity index (χ1) is 9.22. The predicted octanol–water partition coefficient (Wildman–Crippen LogP) is 3.70. The number of halogens is 1. The third-order valence-corrected chi connectivity index (χ3v) is 4.71. The van der Waals surface area contributed by atoms with Gasteiger partial charge in [0.15, 0.2) is 0 Å². The lowest BCUT2D eigenvalue weighted by atomic mass is 9.92. The fourth-order valence-electron chi connectivity index (χ4n) is 2.93. The maximum Gasteiger partial charge on any atom is 0.125 e. The first kappa shape index (κ1) is 13.4. The molecule has 2 aliphatic rings. The summed E-state index contributed by atoms with van der Waals surface area (Å²) in [6, 6.07) is 5.21. The molecule has 1 aromatic carbocycles. The molecular weight excluding hydrogens is 302 g/mol. The Morgan fingerprint density at radius 1 is 1.42 bits per heavy atom. The number of rotatable bonds is 5. The van der Waals surface area contributed by atoms with Crippen LogP contribution in [0.25, 0.3) is 0 Å². The number of nitrogens with one attached hydrogen (secondary N) is 1. The van der Waals surface area contributed by atoms with Crippen LogP contribution in [0.15, 0.2) is 16.6 Å². The van der Waals surface area contributed by atoms with E-state index in [4.69, 9.17) is 4.74 Å². The summed E-state index contributed by atoms with van der Waals surface area (Å²) in [5.74, 6) is 1.81. The highest BCUT2D eigenvalue weighted by Gasteiger charge is 2.20. The molecule has 104 valence electrons. The van der Waals surface area contributed by atoms with Crippen molar-refractivity contribution in [1.82, 2.24) is 5.32 Å². The van der Waals surface area contributed by atoms with Crippen molar-refractivity contribution in [3.8, 4) is 5.75 Å². The van der Waals surface area contributed by atoms with Gasteiger partial charge in [0.05, 0.1) is 6.61 Å². The van der Waals surface area contributed by atoms with Gasteiger partial charge >= 0.3 is 0 Å². The lowest BCUT2D eigenvalue weighted by Gasteiger charge is -2.28. The number of hydrogen-bond acceptors (Lipinski definition) is 2. The molecule has 1 fully saturated rings. The zero-order valence-electron chi connectivity index (χ0n) is 11.5. The molecule has 2 nitrogen and oxygen atoms in total. The molecule has 1 heterocycles. The number of ether oxygens (including phenoxy) is 1. The van der Waals surface area contributed by atoms with E-state index in [1.54, 1.807) is 0 Å². The number of hydrogen-bond donors (Lipinski definition) is 1. The Labute approximate surface area is 124 Å². The van der Waals surface area contributed by atoms with Gasteiger partial charge in [-0.25, -0.2) is 0 Å². The summed E-state index contributed by atoms with van der Waals surface area (Å²) >= 11 is 3.62. The van der Waals surface area contributed by atoms with Crippen molar-refractivity contribution in [2.24, 2.45) is 5.92 Å². The summed E-state index contributed by atoms with van der Waals surface area (Å²) in [4.78, 5) is 0. The van der Waals surface area contributed by atoms with Gasteiger partial charge < -0.3 is 10.1 Å². The van der Waals surface area contributed by atoms with Crippen LogP contribution in [0.5, 0.6) is 5.75 Å². The van der Waals surface area contributed by atoms with Gasteiger partial charge in [-0.15, -0.1) is 0 Å². The molecule has 3 heteroatoms. The van der Waals surface area contributed by atoms with E-state index in [1.807, 2.05) is 0 Å². The Balaban J connectivity index is 1.62. The van der Waals surface area contributed by atoms with Crippen molar-refractivity contribution in [3.63, 3.8) is 0 Å². The topological polar surface area (TPSA) is 21.3 Å². The summed E-state index contributed by atoms with van der Waals surface area (Å²) in [7, 11) is 0. The summed E-state index contributed by atoms with van der Waals surface area (Å²) in [6.45, 7) is 4.29. The summed E-state index contributed by atoms with van der Waals surface area (Å²) in [6.07, 6.45) is 6.28. The van der Waals surface area contributed by atoms with Crippen LogP contribution in [-0.2, 0) is 12.8 Å². The van der Waals surface area contributed by atoms with E-state index < -0.39 is 0 Å². The van der Waals surface area contributed by atoms with Crippen LogP contribution < -0.4 is 10.1 Å². The monoisotopic (exact) mass is 323 g/mol. The van der Waals surface area contributed by atoms with Crippen LogP contribution in [0.3, 0.4) is 0 Å². The predicted molar refractivity (Wildman–Crippen MR) is 81.9 cm³/mol. The van der Waals surface area contributed by atoms with Gasteiger partial charge in [-0.3, -0.25) is 0 Å². The molecule has 1 aliphatic carbocycles. The molecule has 1 unspecified atom stereocenters. The van der Waals surface area contributed by atoms with Crippen LogP contribution in [0, 0.1) is 5.92 Å². The molecule has 0 spiro atoms. The highest BCUT2D eigenvalue weighted by Crippen LogP contribution is 2.34. The maximum absolute atomic E-state index is 5.80. The number of benzene rings is 1. The summed E-state index contributed by atoms with van der Waals surface area (Å²) < 4.78 is 6.99. The second-order valence-electron chi connectivity index (χ2n) is 6.00. The first-order valence-corrected chi connectivity index (χ1v) is 8.19. The Morgan fingerprint density at radius 2 is 2.26 bits per heavy atom. The quantitative estimate of drug-likeness (QED) is 0.892. The molecule has 0 amide bonds. The minimum atomic E-state index is 0.656. The normalized spacial score (nSPS) is 19.7. The lowest BCUT2D eigenvalue weighted by molar-refractivity contribution is 0.318. The first-order valence-electron chi connectivity index (χ1n) is 7.40. The summed E-state index contributed by atoms with van der Waals surface area (Å²) in [5.41, 5.74) is 2.73. The Morgan fingerprint density at radius 3 is 3.00 bits per heavy atom. The zero-order valence-corrected chi connectivity index (χ0v) is 13.1. The molecule has 1 aromatic rings. The van der Waals surface area contributed by atoms with Crippen molar-refractivity contribution < 1.29 is 4.74 Å². The van der Waals surface area contributed by atoms with Gasteiger partial charge in [-0.05, 0) is 55.0 Å². The largest absolute Gasteiger partial charge is 0.493 e. The molecule has 1 saturated carbocycles. The molecule has 1 N–H and O–H groups in total. The number of fused-ring (bicyclic) bond motifs is 1. The van der Waals surface area contributed by atoms with Crippen LogP contribution in [0.1, 0.15) is 37.3 Å². The molecular formula is C16H22BrNO. The Bertz CT molecular complexity index is 456. The van der Waals surface area contributed by atoms with Gasteiger partial charge in [0.2, 0.25) is 0 Å². The molecule has 0 radical (unpaired) electrons. The molecule has 0 saturated heterocycles. The third-order valence-electron chi connectivity index (χ3n) is 4.25. The van der Waals surface area contributed by atoms with Crippen LogP contribution in [0.2, 0.25) is 0 Å². The van der Waals surface area contributed by atoms with Gasteiger partial charge in [0.1, 0.15) is 5.75 Å². The van der Waals surface area contributed by atoms with Gasteiger partial charge in [0, 0.05) is 16.9 Å². The maximum atomic E-state index is 5.80. The highest BCUT2D eigenvalue weighted by molar-refractivity contribution is 9.10. The van der Waals surface area contributed by atoms with E-state index in [-0.39, 0.29) is 0 Å². The molecule has 3 rings (SSSR count). The molecule has 0 aromatic heterocycles. The average molecular weight is 324 g/mol. The van der Waals surface area contributed by atoms with E-state index in [0.717, 1.165) is 37.8 Å². The molecule has 0 bridgehead atoms. The van der Waals surface area contributed by atoms with Crippen molar-refractivity contribution in [1.29, 1.82) is 0 Å². The molecule has 1 aliphatic heterocycles. The van der Waals surface area contributed by atoms with Crippen molar-refractivity contribution >= 4 is 15.9 Å². The van der Waals surface area contributed by atoms with Gasteiger partial charge in [-0.2, -0.15) is 0 Å². The van der Waals surface area contributed by atoms with Gasteiger partial charge in [0.25, 0.3) is 0 Å². The zero-order chi connectivity index (χ0) is 13.2. The highest BCUT2D eigenvalue weighted by atomic mass is 79.9. The SMILES string of the molecule is CC(CNC1CCC1)Cc1cc(Br)cc2c1OCC2. The van der Waals surface area contributed by atoms with E-state index >= 15 is 0 Å². The van der Waals surface area contributed by atoms with Gasteiger partial charge in [-0.1, -0.05) is 29.3 Å². The minimum absolute atomic E-state index is 0.656. The van der Waals surface area contributed by atoms with Crippen LogP contribution >= 0.6 is 15.9 Å². The van der Waals surface area contributed by atoms with Crippen molar-refractivity contribution in [2.75, 3.05) is 13.2 Å². The summed E-state index contributed by atoms with van der Waals surface area (Å²) in [5, 5.41) is 3.67. The Kier molecular flexibility index (Phi) is 4.13. The fourth-order valence-corrected chi connectivity index (χ4v) is 3.48. The standard InChI is InChI=1S/C16H22BrNO/c1-11(10-18-15-3-2-4-15)7-13-9-14(17)8-12-5-6-19-16(12)13/h8-9,11,15,18H,2-7,10H2,1H3. The van der Waals surface area contributed by atoms with Crippen LogP contribution in [0.4, 0.5) is 0 Å². The fraction of sp³-hybridized carbons (Fsp3) is 0.625. The van der Waals surface area contributed by atoms with Crippen molar-refractivity contribution in [3.05, 3.63) is 27.7 Å². The van der Waals surface area contributed by atoms with E-state index in [2.05, 4.69) is 40.3 Å². The second kappa shape index (κ2) is 5.84. The van der Waals surface area contributed by atoms with E-state index in [9.17, 15) is 0 Å². The Hall–Kier alpha value is -0.540. The molecule has 19 heavy (non-hydrogen) atoms. The second-order valence-corrected chi connectivity index (χ2v) is 6.91. The van der Waals surface area contributed by atoms with E-state index in [1.165, 1.54) is 34.9 Å². The van der Waals surface area contributed by atoms with Crippen LogP contribution in [-0.4, -0.2) is 19.2 Å². The average Bonchev–Trinajstić information content (AvgIpc) is 2.74. The third kappa shape index (κ3) is 3.14. The smallest absolute Gasteiger partial charge is 0.125 e. The minimum Gasteiger partial charge on any atom is -0.493 e. The molecule has 1 atom stereocenters. The lowest BCUT2D eigenvalue weighted by Crippen LogP contribution is -2.38. The van der Waals surface area contributed by atoms with E-state index in [0.29, 0.717) is 5.92 Å². The van der Waals surface area contributed by atoms with Crippen molar-refractivity contribution in [2.45, 2.75) is 45.1 Å².